The molecule has 0 aliphatic heterocycles. The average Bonchev–Trinajstić information content (AvgIpc) is 2.46. The molecule has 0 aliphatic carbocycles. The van der Waals surface area contributed by atoms with Crippen LogP contribution in [0, 0.1) is 13.8 Å². The summed E-state index contributed by atoms with van der Waals surface area (Å²) in [7, 11) is 4.21. The maximum atomic E-state index is 4.22. The van der Waals surface area contributed by atoms with Crippen molar-refractivity contribution in [3.05, 3.63) is 71.9 Å². The minimum atomic E-state index is 0.224. The first-order valence-electron chi connectivity index (χ1n) is 7.44. The molecule has 0 aromatic heterocycles. The van der Waals surface area contributed by atoms with E-state index >= 15 is 0 Å². The summed E-state index contributed by atoms with van der Waals surface area (Å²) in [5, 5.41) is 0. The smallest absolute Gasteiger partial charge is 0.0863 e. The third kappa shape index (κ3) is 3.36. The van der Waals surface area contributed by atoms with E-state index in [2.05, 4.69) is 78.8 Å². The summed E-state index contributed by atoms with van der Waals surface area (Å²) in [4.78, 5) is 4.56. The number of rotatable bonds is 5. The summed E-state index contributed by atoms with van der Waals surface area (Å²) >= 11 is 3.70. The Labute approximate surface area is 142 Å². The van der Waals surface area contributed by atoms with Gasteiger partial charge >= 0.3 is 0 Å². The highest BCUT2D eigenvalue weighted by molar-refractivity contribution is 9.10. The number of hydrogen-bond acceptors (Lipinski definition) is 2. The van der Waals surface area contributed by atoms with E-state index in [1.807, 2.05) is 24.3 Å². The van der Waals surface area contributed by atoms with E-state index in [4.69, 9.17) is 0 Å². The van der Waals surface area contributed by atoms with Crippen LogP contribution in [0.2, 0.25) is 0 Å². The molecule has 0 saturated carbocycles. The normalized spacial score (nSPS) is 12.5. The van der Waals surface area contributed by atoms with Crippen LogP contribution in [-0.2, 0) is 0 Å². The van der Waals surface area contributed by atoms with Gasteiger partial charge in [-0.05, 0) is 73.6 Å². The molecule has 116 valence electrons. The molecule has 2 aromatic rings. The molecule has 1 atom stereocenters. The van der Waals surface area contributed by atoms with Crippen molar-refractivity contribution in [2.45, 2.75) is 19.5 Å². The molecule has 0 N–H and O–H groups in total. The van der Waals surface area contributed by atoms with Gasteiger partial charge in [-0.1, -0.05) is 37.3 Å². The lowest BCUT2D eigenvalue weighted by molar-refractivity contribution is 0.290. The number of hydrogen-bond donors (Lipinski definition) is 0. The Bertz CT molecular complexity index is 617. The minimum absolute atomic E-state index is 0.224. The van der Waals surface area contributed by atoms with Gasteiger partial charge in [-0.25, -0.2) is 0 Å². The minimum Gasteiger partial charge on any atom is -0.324 e. The summed E-state index contributed by atoms with van der Waals surface area (Å²) in [6.45, 7) is 10.6. The number of nitrogens with zero attached hydrogens (tertiary/aromatic N) is 2. The van der Waals surface area contributed by atoms with Crippen molar-refractivity contribution < 1.29 is 0 Å². The predicted octanol–water partition coefficient (Wildman–Crippen LogP) is 5.25. The Morgan fingerprint density at radius 1 is 1.00 bits per heavy atom. The summed E-state index contributed by atoms with van der Waals surface area (Å²) in [5.74, 6) is 0. The third-order valence-electron chi connectivity index (χ3n) is 3.82. The maximum Gasteiger partial charge on any atom is 0.0863 e. The second kappa shape index (κ2) is 7.30. The van der Waals surface area contributed by atoms with Gasteiger partial charge in [0, 0.05) is 10.2 Å². The van der Waals surface area contributed by atoms with Crippen LogP contribution in [0.15, 0.2) is 46.9 Å². The molecule has 0 aliphatic rings. The van der Waals surface area contributed by atoms with E-state index in [0.717, 1.165) is 33.4 Å². The highest BCUT2D eigenvalue weighted by Gasteiger charge is 2.25. The zero-order chi connectivity index (χ0) is 16.3. The number of para-hydroxylation sites is 2. The van der Waals surface area contributed by atoms with E-state index in [0.29, 0.717) is 0 Å². The molecular weight excluding hydrogens is 336 g/mol. The van der Waals surface area contributed by atoms with Crippen LogP contribution in [0.4, 0.5) is 11.4 Å². The van der Waals surface area contributed by atoms with Crippen LogP contribution in [0.3, 0.4) is 0 Å². The van der Waals surface area contributed by atoms with Crippen molar-refractivity contribution in [3.63, 3.8) is 0 Å². The van der Waals surface area contributed by atoms with Crippen molar-refractivity contribution in [2.24, 2.45) is 0 Å². The summed E-state index contributed by atoms with van der Waals surface area (Å²) in [6.07, 6.45) is 1.21. The summed E-state index contributed by atoms with van der Waals surface area (Å²) in [5.41, 5.74) is 4.22. The number of halogens is 1. The fourth-order valence-corrected chi connectivity index (χ4v) is 3.38. The predicted molar refractivity (Wildman–Crippen MR) is 99.4 cm³/mol. The molecule has 2 radical (unpaired) electrons. The van der Waals surface area contributed by atoms with Crippen molar-refractivity contribution in [1.82, 2.24) is 4.90 Å². The lowest BCUT2D eigenvalue weighted by Gasteiger charge is -2.39. The molecule has 0 fully saturated rings. The molecule has 0 amide bonds. The van der Waals surface area contributed by atoms with E-state index in [9.17, 15) is 0 Å². The molecule has 3 heteroatoms. The van der Waals surface area contributed by atoms with Crippen LogP contribution in [0.5, 0.6) is 0 Å². The fraction of sp³-hybridized carbons (Fsp3) is 0.263. The van der Waals surface area contributed by atoms with Gasteiger partial charge < -0.3 is 4.90 Å². The van der Waals surface area contributed by atoms with Gasteiger partial charge in [0.1, 0.15) is 0 Å². The fourth-order valence-electron chi connectivity index (χ4n) is 2.78. The van der Waals surface area contributed by atoms with Crippen molar-refractivity contribution in [3.8, 4) is 0 Å². The quantitative estimate of drug-likeness (QED) is 0.673. The van der Waals surface area contributed by atoms with Gasteiger partial charge in [-0.15, -0.1) is 0 Å². The average molecular weight is 359 g/mol. The topological polar surface area (TPSA) is 6.48 Å². The standard InChI is InChI=1S/C19H23BrN2/c1-6-18(21(4)5)22(17-13-8-7-10-14(17)2)19-15(3)11-9-12-16(19)20/h7-13,18H,2-3,6H2,1,4-5H3. The zero-order valence-corrected chi connectivity index (χ0v) is 15.1. The second-order valence-electron chi connectivity index (χ2n) is 5.60. The van der Waals surface area contributed by atoms with Gasteiger partial charge in [0.25, 0.3) is 0 Å². The number of benzene rings is 2. The lowest BCUT2D eigenvalue weighted by Crippen LogP contribution is -2.42. The highest BCUT2D eigenvalue weighted by Crippen LogP contribution is 2.39. The molecule has 2 nitrogen and oxygen atoms in total. The lowest BCUT2D eigenvalue weighted by atomic mass is 10.1. The first-order valence-corrected chi connectivity index (χ1v) is 8.23. The molecule has 0 spiro atoms. The SMILES string of the molecule is [CH2]c1ccccc1N(c1c([CH2])cccc1Br)C(CC)N(C)C. The monoisotopic (exact) mass is 358 g/mol. The van der Waals surface area contributed by atoms with Crippen LogP contribution in [0.1, 0.15) is 24.5 Å². The van der Waals surface area contributed by atoms with Crippen LogP contribution in [-0.4, -0.2) is 25.2 Å². The van der Waals surface area contributed by atoms with Gasteiger partial charge in [-0.2, -0.15) is 0 Å². The molecule has 2 aromatic carbocycles. The van der Waals surface area contributed by atoms with Crippen molar-refractivity contribution in [1.29, 1.82) is 0 Å². The van der Waals surface area contributed by atoms with Gasteiger partial charge in [0.05, 0.1) is 11.9 Å². The third-order valence-corrected chi connectivity index (χ3v) is 4.46. The highest BCUT2D eigenvalue weighted by atomic mass is 79.9. The molecule has 2 rings (SSSR count). The molecular formula is C19H23BrN2. The second-order valence-corrected chi connectivity index (χ2v) is 6.45. The summed E-state index contributed by atoms with van der Waals surface area (Å²) in [6, 6.07) is 14.4. The maximum absolute atomic E-state index is 4.22. The molecule has 0 bridgehead atoms. The van der Waals surface area contributed by atoms with E-state index in [-0.39, 0.29) is 6.17 Å². The van der Waals surface area contributed by atoms with Crippen molar-refractivity contribution in [2.75, 3.05) is 19.0 Å². The Kier molecular flexibility index (Phi) is 5.65. The zero-order valence-electron chi connectivity index (χ0n) is 13.5. The van der Waals surface area contributed by atoms with Gasteiger partial charge in [0.15, 0.2) is 0 Å². The van der Waals surface area contributed by atoms with E-state index in [1.54, 1.807) is 0 Å². The Morgan fingerprint density at radius 2 is 1.64 bits per heavy atom. The Hall–Kier alpha value is -1.32. The van der Waals surface area contributed by atoms with Crippen LogP contribution >= 0.6 is 15.9 Å². The van der Waals surface area contributed by atoms with Gasteiger partial charge in [0.2, 0.25) is 0 Å². The summed E-state index contributed by atoms with van der Waals surface area (Å²) < 4.78 is 1.04. The van der Waals surface area contributed by atoms with Gasteiger partial charge in [-0.3, -0.25) is 4.90 Å². The first kappa shape index (κ1) is 17.0. The first-order chi connectivity index (χ1) is 10.5. The molecule has 0 saturated heterocycles. The molecule has 1 unspecified atom stereocenters. The molecule has 22 heavy (non-hydrogen) atoms. The Balaban J connectivity index is 2.68. The largest absolute Gasteiger partial charge is 0.324 e. The molecule has 0 heterocycles. The van der Waals surface area contributed by atoms with Crippen LogP contribution < -0.4 is 4.90 Å². The van der Waals surface area contributed by atoms with E-state index < -0.39 is 0 Å². The Morgan fingerprint density at radius 3 is 2.18 bits per heavy atom. The van der Waals surface area contributed by atoms with E-state index in [1.165, 1.54) is 0 Å². The number of anilines is 2. The van der Waals surface area contributed by atoms with Crippen LogP contribution in [0.25, 0.3) is 0 Å². The van der Waals surface area contributed by atoms with Crippen molar-refractivity contribution >= 4 is 27.3 Å².